The van der Waals surface area contributed by atoms with Crippen molar-refractivity contribution in [3.8, 4) is 0 Å². The molecule has 1 saturated heterocycles. The fourth-order valence-corrected chi connectivity index (χ4v) is 3.95. The molecular formula is C22H22F3N3O. The lowest BCUT2D eigenvalue weighted by Crippen LogP contribution is -2.36. The van der Waals surface area contributed by atoms with Crippen molar-refractivity contribution in [1.82, 2.24) is 14.5 Å². The van der Waals surface area contributed by atoms with E-state index in [0.29, 0.717) is 35.5 Å². The van der Waals surface area contributed by atoms with Crippen molar-refractivity contribution in [2.75, 3.05) is 13.1 Å². The van der Waals surface area contributed by atoms with Gasteiger partial charge in [0.25, 0.3) is 5.56 Å². The highest BCUT2D eigenvalue weighted by molar-refractivity contribution is 5.76. The molecule has 0 aliphatic carbocycles. The van der Waals surface area contributed by atoms with Crippen molar-refractivity contribution >= 4 is 10.9 Å². The fourth-order valence-electron chi connectivity index (χ4n) is 3.95. The average Bonchev–Trinajstić information content (AvgIpc) is 2.71. The molecule has 0 saturated carbocycles. The summed E-state index contributed by atoms with van der Waals surface area (Å²) in [5.74, 6) is 0.355. The predicted octanol–water partition coefficient (Wildman–Crippen LogP) is 4.33. The zero-order chi connectivity index (χ0) is 20.4. The molecule has 152 valence electrons. The Morgan fingerprint density at radius 3 is 2.55 bits per heavy atom. The van der Waals surface area contributed by atoms with Gasteiger partial charge in [0.15, 0.2) is 0 Å². The molecule has 29 heavy (non-hydrogen) atoms. The maximum Gasteiger partial charge on any atom is 0.416 e. The van der Waals surface area contributed by atoms with E-state index < -0.39 is 11.7 Å². The standard InChI is InChI=1S/C22H22F3N3O/c23-22(24,25)18-5-3-4-17(12-18)13-27-10-8-16(9-11-27)14-28-15-26-20-7-2-1-6-19(20)21(28)29/h1-7,12,15-16H,8-11,13-14H2. The summed E-state index contributed by atoms with van der Waals surface area (Å²) < 4.78 is 40.3. The van der Waals surface area contributed by atoms with Crippen LogP contribution in [-0.4, -0.2) is 27.5 Å². The van der Waals surface area contributed by atoms with Crippen molar-refractivity contribution in [2.24, 2.45) is 5.92 Å². The van der Waals surface area contributed by atoms with Crippen LogP contribution in [0, 0.1) is 5.92 Å². The monoisotopic (exact) mass is 401 g/mol. The summed E-state index contributed by atoms with van der Waals surface area (Å²) in [6.07, 6.45) is -0.902. The fraction of sp³-hybridized carbons (Fsp3) is 0.364. The van der Waals surface area contributed by atoms with Crippen LogP contribution >= 0.6 is 0 Å². The molecule has 1 aliphatic rings. The van der Waals surface area contributed by atoms with Gasteiger partial charge in [-0.05, 0) is 55.6 Å². The van der Waals surface area contributed by atoms with Crippen molar-refractivity contribution in [3.05, 3.63) is 76.3 Å². The summed E-state index contributed by atoms with van der Waals surface area (Å²) in [6.45, 7) is 2.73. The molecule has 0 bridgehead atoms. The normalized spacial score (nSPS) is 16.4. The minimum absolute atomic E-state index is 0.0259. The van der Waals surface area contributed by atoms with Gasteiger partial charge in [-0.25, -0.2) is 4.98 Å². The molecular weight excluding hydrogens is 379 g/mol. The number of benzene rings is 2. The van der Waals surface area contributed by atoms with Crippen molar-refractivity contribution in [3.63, 3.8) is 0 Å². The number of fused-ring (bicyclic) bond motifs is 1. The van der Waals surface area contributed by atoms with Crippen LogP contribution in [0.1, 0.15) is 24.0 Å². The van der Waals surface area contributed by atoms with Crippen LogP contribution in [0.15, 0.2) is 59.7 Å². The summed E-state index contributed by atoms with van der Waals surface area (Å²) in [6, 6.07) is 12.8. The Kier molecular flexibility index (Phi) is 5.41. The highest BCUT2D eigenvalue weighted by Gasteiger charge is 2.30. The highest BCUT2D eigenvalue weighted by atomic mass is 19.4. The van der Waals surface area contributed by atoms with Crippen molar-refractivity contribution in [2.45, 2.75) is 32.1 Å². The molecule has 1 aromatic heterocycles. The highest BCUT2D eigenvalue weighted by Crippen LogP contribution is 2.30. The van der Waals surface area contributed by atoms with E-state index in [1.165, 1.54) is 12.1 Å². The van der Waals surface area contributed by atoms with E-state index >= 15 is 0 Å². The molecule has 0 atom stereocenters. The molecule has 0 unspecified atom stereocenters. The van der Waals surface area contributed by atoms with Crippen LogP contribution in [0.3, 0.4) is 0 Å². The zero-order valence-corrected chi connectivity index (χ0v) is 15.9. The molecule has 4 nitrogen and oxygen atoms in total. The number of alkyl halides is 3. The smallest absolute Gasteiger partial charge is 0.299 e. The maximum absolute atomic E-state index is 12.9. The van der Waals surface area contributed by atoms with E-state index in [4.69, 9.17) is 0 Å². The third-order valence-electron chi connectivity index (χ3n) is 5.55. The van der Waals surface area contributed by atoms with Crippen molar-refractivity contribution < 1.29 is 13.2 Å². The lowest BCUT2D eigenvalue weighted by molar-refractivity contribution is -0.137. The SMILES string of the molecule is O=c1c2ccccc2ncn1CC1CCN(Cc2cccc(C(F)(F)F)c2)CC1. The van der Waals surface area contributed by atoms with E-state index in [-0.39, 0.29) is 5.56 Å². The molecule has 2 aromatic carbocycles. The number of hydrogen-bond acceptors (Lipinski definition) is 3. The Bertz CT molecular complexity index is 1050. The summed E-state index contributed by atoms with van der Waals surface area (Å²) >= 11 is 0. The van der Waals surface area contributed by atoms with Crippen LogP contribution in [0.4, 0.5) is 13.2 Å². The van der Waals surface area contributed by atoms with E-state index in [1.807, 2.05) is 18.2 Å². The first-order valence-corrected chi connectivity index (χ1v) is 9.73. The summed E-state index contributed by atoms with van der Waals surface area (Å²) in [7, 11) is 0. The van der Waals surface area contributed by atoms with E-state index in [2.05, 4.69) is 9.88 Å². The number of hydrogen-bond donors (Lipinski definition) is 0. The third-order valence-corrected chi connectivity index (χ3v) is 5.55. The van der Waals surface area contributed by atoms with E-state index in [0.717, 1.165) is 32.0 Å². The zero-order valence-electron chi connectivity index (χ0n) is 15.9. The Morgan fingerprint density at radius 2 is 1.79 bits per heavy atom. The predicted molar refractivity (Wildman–Crippen MR) is 105 cm³/mol. The largest absolute Gasteiger partial charge is 0.416 e. The number of aromatic nitrogens is 2. The number of rotatable bonds is 4. The minimum Gasteiger partial charge on any atom is -0.299 e. The summed E-state index contributed by atoms with van der Waals surface area (Å²) in [5.41, 5.74) is 0.743. The van der Waals surface area contributed by atoms with Crippen LogP contribution in [0.25, 0.3) is 10.9 Å². The summed E-state index contributed by atoms with van der Waals surface area (Å²) in [4.78, 5) is 19.2. The van der Waals surface area contributed by atoms with Gasteiger partial charge in [0.2, 0.25) is 0 Å². The lowest BCUT2D eigenvalue weighted by Gasteiger charge is -2.32. The van der Waals surface area contributed by atoms with E-state index in [1.54, 1.807) is 23.0 Å². The van der Waals surface area contributed by atoms with Gasteiger partial charge in [-0.3, -0.25) is 14.3 Å². The lowest BCUT2D eigenvalue weighted by atomic mass is 9.96. The van der Waals surface area contributed by atoms with E-state index in [9.17, 15) is 18.0 Å². The van der Waals surface area contributed by atoms with Gasteiger partial charge in [0.1, 0.15) is 0 Å². The number of nitrogens with zero attached hydrogens (tertiary/aromatic N) is 3. The first-order chi connectivity index (χ1) is 13.9. The van der Waals surface area contributed by atoms with Crippen LogP contribution < -0.4 is 5.56 Å². The number of halogens is 3. The van der Waals surface area contributed by atoms with Gasteiger partial charge in [0.05, 0.1) is 22.8 Å². The van der Waals surface area contributed by atoms with Crippen molar-refractivity contribution in [1.29, 1.82) is 0 Å². The molecule has 0 N–H and O–H groups in total. The molecule has 0 amide bonds. The Balaban J connectivity index is 1.37. The molecule has 2 heterocycles. The minimum atomic E-state index is -4.32. The van der Waals surface area contributed by atoms with Gasteiger partial charge >= 0.3 is 6.18 Å². The number of piperidine rings is 1. The first-order valence-electron chi connectivity index (χ1n) is 9.73. The molecule has 1 fully saturated rings. The Labute approximate surface area is 166 Å². The Hall–Kier alpha value is -2.67. The molecule has 0 spiro atoms. The quantitative estimate of drug-likeness (QED) is 0.653. The molecule has 3 aromatic rings. The second-order valence-corrected chi connectivity index (χ2v) is 7.64. The van der Waals surface area contributed by atoms with Gasteiger partial charge in [-0.1, -0.05) is 30.3 Å². The Morgan fingerprint density at radius 1 is 1.03 bits per heavy atom. The first kappa shape index (κ1) is 19.6. The van der Waals surface area contributed by atoms with Gasteiger partial charge < -0.3 is 0 Å². The third kappa shape index (κ3) is 4.50. The topological polar surface area (TPSA) is 38.1 Å². The van der Waals surface area contributed by atoms with Crippen LogP contribution in [0.2, 0.25) is 0 Å². The summed E-state index contributed by atoms with van der Waals surface area (Å²) in [5, 5.41) is 0.622. The molecule has 7 heteroatoms. The second kappa shape index (κ2) is 7.99. The number of likely N-dealkylation sites (tertiary alicyclic amines) is 1. The van der Waals surface area contributed by atoms with Gasteiger partial charge in [-0.15, -0.1) is 0 Å². The second-order valence-electron chi connectivity index (χ2n) is 7.64. The maximum atomic E-state index is 12.9. The molecule has 0 radical (unpaired) electrons. The molecule has 1 aliphatic heterocycles. The number of para-hydroxylation sites is 1. The van der Waals surface area contributed by atoms with Gasteiger partial charge in [-0.2, -0.15) is 13.2 Å². The molecule has 4 rings (SSSR count). The van der Waals surface area contributed by atoms with Crippen LogP contribution in [-0.2, 0) is 19.3 Å². The average molecular weight is 401 g/mol. The van der Waals surface area contributed by atoms with Crippen LogP contribution in [0.5, 0.6) is 0 Å². The van der Waals surface area contributed by atoms with Gasteiger partial charge in [0, 0.05) is 13.1 Å².